The van der Waals surface area contributed by atoms with Crippen molar-refractivity contribution in [3.05, 3.63) is 106 Å². The normalized spacial score (nSPS) is 17.6. The van der Waals surface area contributed by atoms with E-state index in [2.05, 4.69) is 4.90 Å². The van der Waals surface area contributed by atoms with Gasteiger partial charge in [0.05, 0.1) is 11.1 Å². The predicted molar refractivity (Wildman–Crippen MR) is 136 cm³/mol. The molecule has 0 aromatic heterocycles. The minimum absolute atomic E-state index is 0.163. The van der Waals surface area contributed by atoms with Gasteiger partial charge in [0.2, 0.25) is 0 Å². The Morgan fingerprint density at radius 1 is 0.825 bits per heavy atom. The van der Waals surface area contributed by atoms with Gasteiger partial charge in [-0.15, -0.1) is 0 Å². The molecule has 3 aromatic rings. The zero-order valence-corrected chi connectivity index (χ0v) is 21.9. The van der Waals surface area contributed by atoms with Crippen LogP contribution in [0.25, 0.3) is 0 Å². The highest BCUT2D eigenvalue weighted by Gasteiger charge is 2.35. The van der Waals surface area contributed by atoms with Gasteiger partial charge < -0.3 is 9.45 Å². The van der Waals surface area contributed by atoms with Crippen molar-refractivity contribution in [2.75, 3.05) is 19.6 Å². The van der Waals surface area contributed by atoms with Crippen molar-refractivity contribution in [2.45, 2.75) is 37.1 Å². The van der Waals surface area contributed by atoms with E-state index in [1.807, 2.05) is 30.3 Å². The van der Waals surface area contributed by atoms with Crippen LogP contribution >= 0.6 is 0 Å². The summed E-state index contributed by atoms with van der Waals surface area (Å²) in [7, 11) is 0. The highest BCUT2D eigenvalue weighted by atomic mass is 32.2. The summed E-state index contributed by atoms with van der Waals surface area (Å²) in [5.74, 6) is -1.40. The Bertz CT molecular complexity index is 1350. The number of carbonyl (C=O) groups is 1. The second-order valence-electron chi connectivity index (χ2n) is 9.64. The number of carbonyl (C=O) groups excluding carboxylic acids is 1. The Morgan fingerprint density at radius 2 is 1.48 bits per heavy atom. The molecule has 1 aliphatic heterocycles. The van der Waals surface area contributed by atoms with Crippen LogP contribution in [0.1, 0.15) is 38.2 Å². The van der Waals surface area contributed by atoms with E-state index in [4.69, 9.17) is 0 Å². The first kappa shape index (κ1) is 29.8. The van der Waals surface area contributed by atoms with Crippen LogP contribution in [0.2, 0.25) is 0 Å². The van der Waals surface area contributed by atoms with Gasteiger partial charge in [-0.25, -0.2) is 0 Å². The zero-order chi connectivity index (χ0) is 29.1. The summed E-state index contributed by atoms with van der Waals surface area (Å²) in [6, 6.07) is 16.0. The Balaban J connectivity index is 1.64. The van der Waals surface area contributed by atoms with Gasteiger partial charge in [-0.3, -0.25) is 13.9 Å². The van der Waals surface area contributed by atoms with Gasteiger partial charge in [-0.1, -0.05) is 53.5 Å². The molecule has 0 saturated carbocycles. The summed E-state index contributed by atoms with van der Waals surface area (Å²) in [4.78, 5) is 17.1. The molecule has 214 valence electrons. The molecule has 1 aliphatic rings. The lowest BCUT2D eigenvalue weighted by molar-refractivity contribution is -0.138. The molecule has 0 aliphatic carbocycles. The molecule has 1 unspecified atom stereocenters. The smallest absolute Gasteiger partial charge is 0.416 e. The van der Waals surface area contributed by atoms with Crippen molar-refractivity contribution in [2.24, 2.45) is 0 Å². The number of hydrogen-bond donors (Lipinski definition) is 0. The number of hydrogen-bond acceptors (Lipinski definition) is 4. The van der Waals surface area contributed by atoms with Crippen LogP contribution in [-0.2, 0) is 42.2 Å². The second kappa shape index (κ2) is 12.1. The Labute approximate surface area is 229 Å². The summed E-state index contributed by atoms with van der Waals surface area (Å²) in [5.41, 5.74) is -0.878. The summed E-state index contributed by atoms with van der Waals surface area (Å²) >= 11 is -2.67. The van der Waals surface area contributed by atoms with Gasteiger partial charge in [-0.05, 0) is 53.4 Å². The summed E-state index contributed by atoms with van der Waals surface area (Å²) in [5, 5.41) is 0. The van der Waals surface area contributed by atoms with Gasteiger partial charge in [0.1, 0.15) is 0 Å². The lowest BCUT2D eigenvalue weighted by atomic mass is 9.98. The Kier molecular flexibility index (Phi) is 9.01. The quantitative estimate of drug-likeness (QED) is 0.266. The maximum absolute atomic E-state index is 13.6. The summed E-state index contributed by atoms with van der Waals surface area (Å²) < 4.78 is 102. The monoisotopic (exact) mass is 583 g/mol. The molecule has 1 saturated heterocycles. The van der Waals surface area contributed by atoms with Crippen LogP contribution in [0.15, 0.2) is 72.8 Å². The molecular formula is C28H25F6N2O3S-. The molecule has 0 N–H and O–H groups in total. The third-order valence-corrected chi connectivity index (χ3v) is 7.25. The van der Waals surface area contributed by atoms with Crippen molar-refractivity contribution >= 4 is 17.0 Å². The van der Waals surface area contributed by atoms with Crippen LogP contribution < -0.4 is 0 Å². The van der Waals surface area contributed by atoms with E-state index >= 15 is 0 Å². The third-order valence-electron chi connectivity index (χ3n) is 6.68. The van der Waals surface area contributed by atoms with Crippen molar-refractivity contribution in [3.8, 4) is 0 Å². The molecular weight excluding hydrogens is 558 g/mol. The first-order valence-electron chi connectivity index (χ1n) is 12.3. The molecule has 0 spiro atoms. The lowest BCUT2D eigenvalue weighted by Gasteiger charge is -2.42. The minimum atomic E-state index is -4.80. The van der Waals surface area contributed by atoms with E-state index in [-0.39, 0.29) is 24.1 Å². The third kappa shape index (κ3) is 7.70. The Morgan fingerprint density at radius 3 is 2.08 bits per heavy atom. The van der Waals surface area contributed by atoms with E-state index in [9.17, 15) is 39.9 Å². The van der Waals surface area contributed by atoms with Gasteiger partial charge in [0.25, 0.3) is 5.91 Å². The van der Waals surface area contributed by atoms with Gasteiger partial charge >= 0.3 is 12.4 Å². The fourth-order valence-electron chi connectivity index (χ4n) is 4.81. The summed E-state index contributed by atoms with van der Waals surface area (Å²) in [6.07, 6.45) is -9.14. The van der Waals surface area contributed by atoms with Crippen molar-refractivity contribution in [1.82, 2.24) is 9.80 Å². The van der Waals surface area contributed by atoms with E-state index < -0.39 is 52.3 Å². The number of alkyl halides is 6. The largest absolute Gasteiger partial charge is 0.772 e. The first-order chi connectivity index (χ1) is 18.8. The number of benzene rings is 3. The molecule has 1 fully saturated rings. The fraction of sp³-hybridized carbons (Fsp3) is 0.321. The van der Waals surface area contributed by atoms with Gasteiger partial charge in [0.15, 0.2) is 0 Å². The molecule has 5 nitrogen and oxygen atoms in total. The minimum Gasteiger partial charge on any atom is -0.772 e. The maximum Gasteiger partial charge on any atom is 0.416 e. The van der Waals surface area contributed by atoms with E-state index in [1.54, 1.807) is 0 Å². The van der Waals surface area contributed by atoms with Crippen LogP contribution in [0.5, 0.6) is 0 Å². The van der Waals surface area contributed by atoms with Gasteiger partial charge in [0, 0.05) is 43.5 Å². The Hall–Kier alpha value is -3.22. The molecule has 1 amide bonds. The van der Waals surface area contributed by atoms with Crippen molar-refractivity contribution in [1.29, 1.82) is 0 Å². The van der Waals surface area contributed by atoms with E-state index in [1.165, 1.54) is 17.0 Å². The average Bonchev–Trinajstić information content (AvgIpc) is 2.88. The fourth-order valence-corrected chi connectivity index (χ4v) is 5.25. The van der Waals surface area contributed by atoms with E-state index in [0.717, 1.165) is 23.8 Å². The standard InChI is InChI=1S/C28H26F6N2O3S/c29-27(30,31)23-8-6-19(7-9-23)14-25-17-35(16-20-4-2-1-3-5-20)10-11-36(25)26(37)22-12-21(18-40(38)39)13-24(15-22)28(32,33)34/h1-9,12-13,15,25H,10-11,14,16-18H2,(H,38,39)/p-1/t25-/m1/s1. The highest BCUT2D eigenvalue weighted by Crippen LogP contribution is 2.32. The highest BCUT2D eigenvalue weighted by molar-refractivity contribution is 7.78. The number of rotatable bonds is 7. The van der Waals surface area contributed by atoms with Crippen molar-refractivity contribution in [3.63, 3.8) is 0 Å². The average molecular weight is 584 g/mol. The lowest BCUT2D eigenvalue weighted by Crippen LogP contribution is -2.55. The molecule has 2 atom stereocenters. The molecule has 40 heavy (non-hydrogen) atoms. The number of piperazine rings is 1. The first-order valence-corrected chi connectivity index (χ1v) is 13.5. The van der Waals surface area contributed by atoms with Gasteiger partial charge in [-0.2, -0.15) is 26.3 Å². The summed E-state index contributed by atoms with van der Waals surface area (Å²) in [6.45, 7) is 1.46. The van der Waals surface area contributed by atoms with Crippen LogP contribution in [0.3, 0.4) is 0 Å². The number of amides is 1. The van der Waals surface area contributed by atoms with E-state index in [0.29, 0.717) is 37.3 Å². The second-order valence-corrected chi connectivity index (χ2v) is 10.5. The zero-order valence-electron chi connectivity index (χ0n) is 21.0. The van der Waals surface area contributed by atoms with Crippen LogP contribution in [-0.4, -0.2) is 50.1 Å². The predicted octanol–water partition coefficient (Wildman–Crippen LogP) is 5.67. The molecule has 4 rings (SSSR count). The molecule has 12 heteroatoms. The maximum atomic E-state index is 13.6. The SMILES string of the molecule is O=C(c1cc(CS(=O)[O-])cc(C(F)(F)F)c1)N1CCN(Cc2ccccc2)C[C@H]1Cc1ccc(C(F)(F)F)cc1. The number of halogens is 6. The number of nitrogens with zero attached hydrogens (tertiary/aromatic N) is 2. The molecule has 1 heterocycles. The van der Waals surface area contributed by atoms with Crippen molar-refractivity contribution < 1.29 is 39.9 Å². The van der Waals surface area contributed by atoms with Crippen LogP contribution in [0, 0.1) is 0 Å². The molecule has 0 bridgehead atoms. The molecule has 3 aromatic carbocycles. The topological polar surface area (TPSA) is 63.7 Å². The molecule has 0 radical (unpaired) electrons. The van der Waals surface area contributed by atoms with Crippen LogP contribution in [0.4, 0.5) is 26.3 Å².